The predicted octanol–water partition coefficient (Wildman–Crippen LogP) is -0.349. The highest BCUT2D eigenvalue weighted by Crippen LogP contribution is 2.30. The van der Waals surface area contributed by atoms with Crippen LogP contribution in [0.15, 0.2) is 0 Å². The monoisotopic (exact) mass is 153 g/mol. The standard InChI is InChI=1S/C8H11NO2/c1-2-7(11)9-8(6-10)4-3-5-8/h1,10H,3-6H2,(H,9,11). The van der Waals surface area contributed by atoms with E-state index < -0.39 is 11.4 Å². The first-order chi connectivity index (χ1) is 5.22. The van der Waals surface area contributed by atoms with Crippen LogP contribution in [-0.4, -0.2) is 23.2 Å². The molecule has 0 aromatic heterocycles. The van der Waals surface area contributed by atoms with Crippen LogP contribution in [0.4, 0.5) is 0 Å². The van der Waals surface area contributed by atoms with Crippen LogP contribution in [-0.2, 0) is 4.79 Å². The lowest BCUT2D eigenvalue weighted by molar-refractivity contribution is -0.119. The van der Waals surface area contributed by atoms with Crippen molar-refractivity contribution < 1.29 is 9.90 Å². The average Bonchev–Trinajstić information content (AvgIpc) is 1.96. The molecule has 0 atom stereocenters. The largest absolute Gasteiger partial charge is 0.394 e. The molecule has 11 heavy (non-hydrogen) atoms. The van der Waals surface area contributed by atoms with Crippen LogP contribution in [0.25, 0.3) is 0 Å². The zero-order valence-corrected chi connectivity index (χ0v) is 6.26. The number of rotatable bonds is 2. The van der Waals surface area contributed by atoms with E-state index in [1.165, 1.54) is 0 Å². The van der Waals surface area contributed by atoms with Gasteiger partial charge in [0.05, 0.1) is 12.1 Å². The van der Waals surface area contributed by atoms with Crippen molar-refractivity contribution in [3.05, 3.63) is 0 Å². The summed E-state index contributed by atoms with van der Waals surface area (Å²) in [7, 11) is 0. The molecule has 1 amide bonds. The summed E-state index contributed by atoms with van der Waals surface area (Å²) < 4.78 is 0. The molecular formula is C8H11NO2. The van der Waals surface area contributed by atoms with Gasteiger partial charge >= 0.3 is 0 Å². The summed E-state index contributed by atoms with van der Waals surface area (Å²) in [6, 6.07) is 0. The van der Waals surface area contributed by atoms with E-state index in [2.05, 4.69) is 5.32 Å². The zero-order chi connectivity index (χ0) is 8.32. The van der Waals surface area contributed by atoms with Crippen molar-refractivity contribution in [2.45, 2.75) is 24.8 Å². The summed E-state index contributed by atoms with van der Waals surface area (Å²) in [6.07, 6.45) is 7.58. The minimum absolute atomic E-state index is 0.0135. The highest BCUT2D eigenvalue weighted by Gasteiger charge is 2.37. The van der Waals surface area contributed by atoms with E-state index in [1.54, 1.807) is 0 Å². The van der Waals surface area contributed by atoms with Crippen molar-refractivity contribution in [1.82, 2.24) is 5.32 Å². The number of aliphatic hydroxyl groups is 1. The molecule has 0 aromatic carbocycles. The Morgan fingerprint density at radius 2 is 2.36 bits per heavy atom. The maximum absolute atomic E-state index is 10.7. The second kappa shape index (κ2) is 2.93. The number of terminal acetylenes is 1. The van der Waals surface area contributed by atoms with Crippen LogP contribution in [0.3, 0.4) is 0 Å². The van der Waals surface area contributed by atoms with Crippen molar-refractivity contribution >= 4 is 5.91 Å². The third-order valence-corrected chi connectivity index (χ3v) is 2.12. The molecule has 0 unspecified atom stereocenters. The molecule has 0 aromatic rings. The summed E-state index contributed by atoms with van der Waals surface area (Å²) in [5.41, 5.74) is -0.399. The molecule has 60 valence electrons. The first kappa shape index (κ1) is 8.09. The Balaban J connectivity index is 2.46. The van der Waals surface area contributed by atoms with E-state index in [4.69, 9.17) is 11.5 Å². The molecule has 0 radical (unpaired) electrons. The fraction of sp³-hybridized carbons (Fsp3) is 0.625. The molecule has 3 heteroatoms. The molecule has 0 bridgehead atoms. The van der Waals surface area contributed by atoms with Crippen molar-refractivity contribution in [3.8, 4) is 12.3 Å². The number of nitrogens with one attached hydrogen (secondary N) is 1. The fourth-order valence-corrected chi connectivity index (χ4v) is 1.20. The molecule has 1 aliphatic rings. The second-order valence-electron chi connectivity index (χ2n) is 2.89. The van der Waals surface area contributed by atoms with Gasteiger partial charge in [0.1, 0.15) is 0 Å². The van der Waals surface area contributed by atoms with E-state index in [0.29, 0.717) is 0 Å². The van der Waals surface area contributed by atoms with Crippen LogP contribution in [0, 0.1) is 12.3 Å². The Labute approximate surface area is 65.8 Å². The van der Waals surface area contributed by atoms with E-state index in [-0.39, 0.29) is 6.61 Å². The average molecular weight is 153 g/mol. The number of hydrogen-bond donors (Lipinski definition) is 2. The molecule has 3 nitrogen and oxygen atoms in total. The third-order valence-electron chi connectivity index (χ3n) is 2.12. The molecular weight excluding hydrogens is 142 g/mol. The maximum Gasteiger partial charge on any atom is 0.296 e. The van der Waals surface area contributed by atoms with Gasteiger partial charge < -0.3 is 10.4 Å². The lowest BCUT2D eigenvalue weighted by Crippen LogP contribution is -2.55. The van der Waals surface area contributed by atoms with Crippen molar-refractivity contribution in [2.24, 2.45) is 0 Å². The molecule has 1 fully saturated rings. The summed E-state index contributed by atoms with van der Waals surface area (Å²) in [5.74, 6) is 1.53. The van der Waals surface area contributed by atoms with Crippen LogP contribution >= 0.6 is 0 Å². The smallest absolute Gasteiger partial charge is 0.296 e. The van der Waals surface area contributed by atoms with Gasteiger partial charge in [0, 0.05) is 0 Å². The molecule has 0 heterocycles. The lowest BCUT2D eigenvalue weighted by Gasteiger charge is -2.40. The van der Waals surface area contributed by atoms with Gasteiger partial charge in [-0.2, -0.15) is 0 Å². The molecule has 0 saturated heterocycles. The number of aliphatic hydroxyl groups excluding tert-OH is 1. The van der Waals surface area contributed by atoms with Crippen molar-refractivity contribution in [3.63, 3.8) is 0 Å². The molecule has 1 saturated carbocycles. The molecule has 2 N–H and O–H groups in total. The highest BCUT2D eigenvalue weighted by atomic mass is 16.3. The Hall–Kier alpha value is -1.01. The number of hydrogen-bond acceptors (Lipinski definition) is 2. The topological polar surface area (TPSA) is 49.3 Å². The third kappa shape index (κ3) is 1.52. The van der Waals surface area contributed by atoms with E-state index in [0.717, 1.165) is 19.3 Å². The predicted molar refractivity (Wildman–Crippen MR) is 40.6 cm³/mol. The quantitative estimate of drug-likeness (QED) is 0.533. The molecule has 1 aliphatic carbocycles. The Morgan fingerprint density at radius 1 is 1.73 bits per heavy atom. The van der Waals surface area contributed by atoms with Gasteiger partial charge in [-0.3, -0.25) is 4.79 Å². The van der Waals surface area contributed by atoms with Gasteiger partial charge in [0.2, 0.25) is 0 Å². The summed E-state index contributed by atoms with van der Waals surface area (Å²) in [5, 5.41) is 11.5. The normalized spacial score (nSPS) is 19.6. The SMILES string of the molecule is C#CC(=O)NC1(CO)CCC1. The number of carbonyl (C=O) groups excluding carboxylic acids is 1. The van der Waals surface area contributed by atoms with Gasteiger partial charge in [-0.25, -0.2) is 0 Å². The van der Waals surface area contributed by atoms with Gasteiger partial charge in [0.25, 0.3) is 5.91 Å². The van der Waals surface area contributed by atoms with Gasteiger partial charge in [-0.15, -0.1) is 6.42 Å². The molecule has 0 spiro atoms. The summed E-state index contributed by atoms with van der Waals surface area (Å²) >= 11 is 0. The van der Waals surface area contributed by atoms with Gasteiger partial charge in [0.15, 0.2) is 0 Å². The minimum Gasteiger partial charge on any atom is -0.394 e. The van der Waals surface area contributed by atoms with Gasteiger partial charge in [-0.1, -0.05) is 0 Å². The van der Waals surface area contributed by atoms with E-state index >= 15 is 0 Å². The lowest BCUT2D eigenvalue weighted by atomic mass is 9.77. The second-order valence-corrected chi connectivity index (χ2v) is 2.89. The maximum atomic E-state index is 10.7. The van der Waals surface area contributed by atoms with Gasteiger partial charge in [-0.05, 0) is 25.2 Å². The Kier molecular flexibility index (Phi) is 2.16. The van der Waals surface area contributed by atoms with E-state index in [9.17, 15) is 4.79 Å². The summed E-state index contributed by atoms with van der Waals surface area (Å²) in [4.78, 5) is 10.7. The van der Waals surface area contributed by atoms with Crippen LogP contribution in [0.2, 0.25) is 0 Å². The van der Waals surface area contributed by atoms with Crippen LogP contribution < -0.4 is 5.32 Å². The van der Waals surface area contributed by atoms with Crippen LogP contribution in [0.5, 0.6) is 0 Å². The molecule has 1 rings (SSSR count). The number of amides is 1. The number of carbonyl (C=O) groups is 1. The minimum atomic E-state index is -0.432. The Bertz CT molecular complexity index is 195. The Morgan fingerprint density at radius 3 is 2.64 bits per heavy atom. The zero-order valence-electron chi connectivity index (χ0n) is 6.26. The molecule has 0 aliphatic heterocycles. The van der Waals surface area contributed by atoms with E-state index in [1.807, 2.05) is 5.92 Å². The van der Waals surface area contributed by atoms with Crippen LogP contribution in [0.1, 0.15) is 19.3 Å². The van der Waals surface area contributed by atoms with Crippen molar-refractivity contribution in [1.29, 1.82) is 0 Å². The summed E-state index contributed by atoms with van der Waals surface area (Å²) in [6.45, 7) is -0.0135. The first-order valence-electron chi connectivity index (χ1n) is 3.62. The van der Waals surface area contributed by atoms with Crippen molar-refractivity contribution in [2.75, 3.05) is 6.61 Å². The highest BCUT2D eigenvalue weighted by molar-refractivity contribution is 5.93. The first-order valence-corrected chi connectivity index (χ1v) is 3.62. The fourth-order valence-electron chi connectivity index (χ4n) is 1.20.